The molecule has 0 bridgehead atoms. The van der Waals surface area contributed by atoms with Gasteiger partial charge in [0.1, 0.15) is 17.3 Å². The predicted octanol–water partition coefficient (Wildman–Crippen LogP) is 18.9. The number of nitrogens with zero attached hydrogens (tertiary/aromatic N) is 4. The molecule has 380 valence electrons. The number of pyridine rings is 1. The molecule has 3 heterocycles. The molecule has 0 aliphatic carbocycles. The lowest BCUT2D eigenvalue weighted by molar-refractivity contribution is -0.571. The SMILES string of the molecule is [2H]c1c([2H])c([2H])c(-c2c([2H])c(-c3cccc(-c4c([2H])c(-c5c([2H])c([2H])c([2H])c([2H])c5[2H])c([2H])c(-c5c([2H])c([2H])c([2H])c(C)c5[2H])c4[2H])c3-[n+]3[c-]n(-c4cccc(Oc5ccc6c7ccccc7n(-c7cc(C([2H])([2H])[2H])c(C)cn7)c6c5)c4)c4ccccc43)c([2H])c(-c3c([2H])c([2H])c([2H])c([2H])c3[2H])c2[2H])c([2H])c1[2H]. The number of ether oxygens (including phenoxy) is 1. The van der Waals surface area contributed by atoms with Crippen LogP contribution in [0.3, 0.4) is 0 Å². The summed E-state index contributed by atoms with van der Waals surface area (Å²) in [4.78, 5) is 4.69. The summed E-state index contributed by atoms with van der Waals surface area (Å²) in [7, 11) is 0. The van der Waals surface area contributed by atoms with Crippen LogP contribution in [-0.4, -0.2) is 14.1 Å². The fraction of sp³-hybridized carbons (Fsp3) is 0.0400. The maximum absolute atomic E-state index is 10.5. The topological polar surface area (TPSA) is 35.9 Å². The zero-order valence-electron chi connectivity index (χ0n) is 70.2. The van der Waals surface area contributed by atoms with E-state index in [-0.39, 0.29) is 39.2 Å². The van der Waals surface area contributed by atoms with Crippen molar-refractivity contribution in [3.8, 4) is 95.5 Å². The van der Waals surface area contributed by atoms with E-state index in [2.05, 4.69) is 11.3 Å². The lowest BCUT2D eigenvalue weighted by Crippen LogP contribution is -2.31. The third-order valence-corrected chi connectivity index (χ3v) is 13.4. The highest BCUT2D eigenvalue weighted by Crippen LogP contribution is 2.42. The standard InChI is InChI=1S/C75H54N4O/c1-50-20-17-27-56(38-50)60-41-59(55-25-11-6-12-26-55)44-62(45-60)67-32-19-31-66(61-42-57(53-21-7-4-8-22-53)40-58(43-61)54-23-9-5-10-24-54)75(67)78-49-77(71-34-15-16-35-72(71)78)63-28-18-29-64(46-63)80-65-36-37-69-68-30-13-14-33-70(68)79(73(69)47-65)74-39-51(2)52(3)48-76-74/h4-48H,1-3H3/i2D3,4D,5D,6D,7D,8D,9D,10D,11D,12D,17D,20D,21D,22D,23D,24D,25D,26D,27D,38D,40D,41D,42D,43D,44D,45D. The van der Waals surface area contributed by atoms with Crippen LogP contribution in [0.1, 0.15) is 55.1 Å². The Morgan fingerprint density at radius 2 is 1.02 bits per heavy atom. The first-order chi connectivity index (χ1) is 51.0. The van der Waals surface area contributed by atoms with Crippen LogP contribution >= 0.6 is 0 Å². The molecule has 0 amide bonds. The summed E-state index contributed by atoms with van der Waals surface area (Å²) >= 11 is 0. The van der Waals surface area contributed by atoms with E-state index in [0.29, 0.717) is 33.9 Å². The minimum Gasteiger partial charge on any atom is -0.458 e. The summed E-state index contributed by atoms with van der Waals surface area (Å²) in [6, 6.07) is 9.54. The van der Waals surface area contributed by atoms with Crippen molar-refractivity contribution in [1.82, 2.24) is 14.1 Å². The molecule has 0 spiro atoms. The lowest BCUT2D eigenvalue weighted by Gasteiger charge is -2.20. The normalized spacial score (nSPS) is 16.5. The molecule has 80 heavy (non-hydrogen) atoms. The summed E-state index contributed by atoms with van der Waals surface area (Å²) in [6.45, 7) is 0.508. The van der Waals surface area contributed by atoms with Crippen LogP contribution in [0, 0.1) is 27.0 Å². The smallest absolute Gasteiger partial charge is 0.269 e. The maximum Gasteiger partial charge on any atom is 0.269 e. The minimum absolute atomic E-state index is 0.115. The second-order valence-electron chi connectivity index (χ2n) is 18.4. The van der Waals surface area contributed by atoms with E-state index in [4.69, 9.17) is 23.9 Å². The molecule has 0 saturated carbocycles. The van der Waals surface area contributed by atoms with Gasteiger partial charge in [-0.1, -0.05) is 187 Å². The van der Waals surface area contributed by atoms with Gasteiger partial charge in [0.2, 0.25) is 0 Å². The highest BCUT2D eigenvalue weighted by molar-refractivity contribution is 6.09. The zero-order valence-corrected chi connectivity index (χ0v) is 42.2. The molecule has 0 N–H and O–H groups in total. The fourth-order valence-electron chi connectivity index (χ4n) is 9.72. The van der Waals surface area contributed by atoms with E-state index >= 15 is 0 Å². The Morgan fingerprint density at radius 3 is 1.69 bits per heavy atom. The first-order valence-corrected chi connectivity index (χ1v) is 25.0. The van der Waals surface area contributed by atoms with Crippen LogP contribution in [0.25, 0.3) is 117 Å². The van der Waals surface area contributed by atoms with Gasteiger partial charge in [0.05, 0.1) is 67.7 Å². The summed E-state index contributed by atoms with van der Waals surface area (Å²) in [5.41, 5.74) is -5.64. The highest BCUT2D eigenvalue weighted by atomic mass is 16.5. The van der Waals surface area contributed by atoms with Crippen molar-refractivity contribution in [1.29, 1.82) is 0 Å². The van der Waals surface area contributed by atoms with Gasteiger partial charge in [-0.2, -0.15) is 0 Å². The molecule has 3 aromatic heterocycles. The van der Waals surface area contributed by atoms with Crippen LogP contribution in [0.5, 0.6) is 11.5 Å². The molecule has 0 saturated heterocycles. The third-order valence-electron chi connectivity index (χ3n) is 13.4. The monoisotopic (exact) mass is 1050 g/mol. The van der Waals surface area contributed by atoms with Crippen LogP contribution in [0.2, 0.25) is 0 Å². The maximum atomic E-state index is 10.5. The number of aromatic nitrogens is 4. The minimum atomic E-state index is -2.46. The van der Waals surface area contributed by atoms with Gasteiger partial charge in [-0.05, 0) is 177 Å². The number of hydrogen-bond donors (Lipinski definition) is 0. The van der Waals surface area contributed by atoms with Gasteiger partial charge in [-0.3, -0.25) is 13.7 Å². The molecule has 0 aliphatic rings. The molecule has 0 aliphatic heterocycles. The van der Waals surface area contributed by atoms with E-state index in [9.17, 15) is 19.2 Å². The van der Waals surface area contributed by atoms with Crippen molar-refractivity contribution in [3.05, 3.63) is 296 Å². The molecular weight excluding hydrogens is 973 g/mol. The molecule has 14 rings (SSSR count). The van der Waals surface area contributed by atoms with E-state index in [1.165, 1.54) is 42.0 Å². The number of fused-ring (bicyclic) bond motifs is 4. The van der Waals surface area contributed by atoms with Gasteiger partial charge in [0, 0.05) is 27.1 Å². The van der Waals surface area contributed by atoms with E-state index < -0.39 is 214 Å². The van der Waals surface area contributed by atoms with Crippen molar-refractivity contribution in [2.75, 3.05) is 0 Å². The third kappa shape index (κ3) is 8.91. The predicted molar refractivity (Wildman–Crippen MR) is 329 cm³/mol. The largest absolute Gasteiger partial charge is 0.458 e. The average Bonchev–Trinajstić information content (AvgIpc) is 1.05. The summed E-state index contributed by atoms with van der Waals surface area (Å²) in [5, 5.41) is 1.63. The van der Waals surface area contributed by atoms with Crippen molar-refractivity contribution in [3.63, 3.8) is 0 Å². The Hall–Kier alpha value is -10.4. The highest BCUT2D eigenvalue weighted by Gasteiger charge is 2.23. The second-order valence-corrected chi connectivity index (χ2v) is 18.4. The molecule has 11 aromatic carbocycles. The first-order valence-electron chi connectivity index (χ1n) is 39.0. The average molecular weight is 1060 g/mol. The van der Waals surface area contributed by atoms with Gasteiger partial charge < -0.3 is 4.74 Å². The number of benzene rings is 11. The Balaban J connectivity index is 1.10. The van der Waals surface area contributed by atoms with Gasteiger partial charge in [-0.15, -0.1) is 0 Å². The number of aryl methyl sites for hydroxylation is 2. The Kier molecular flexibility index (Phi) is 6.77. The fourth-order valence-corrected chi connectivity index (χ4v) is 9.72. The van der Waals surface area contributed by atoms with Gasteiger partial charge >= 0.3 is 0 Å². The van der Waals surface area contributed by atoms with Gasteiger partial charge in [0.25, 0.3) is 6.33 Å². The summed E-state index contributed by atoms with van der Waals surface area (Å²) in [6.07, 6.45) is 4.88. The quantitative estimate of drug-likeness (QED) is 0.0956. The van der Waals surface area contributed by atoms with E-state index in [1.807, 2.05) is 34.9 Å². The molecule has 0 atom stereocenters. The van der Waals surface area contributed by atoms with Crippen LogP contribution < -0.4 is 9.30 Å². The Bertz CT molecular complexity index is 5790. The summed E-state index contributed by atoms with van der Waals surface area (Å²) < 4.78 is 269. The van der Waals surface area contributed by atoms with Gasteiger partial charge in [-0.25, -0.2) is 4.98 Å². The van der Waals surface area contributed by atoms with Crippen molar-refractivity contribution in [2.45, 2.75) is 20.7 Å². The van der Waals surface area contributed by atoms with Crippen LogP contribution in [0.15, 0.2) is 273 Å². The van der Waals surface area contributed by atoms with Gasteiger partial charge in [0.15, 0.2) is 0 Å². The summed E-state index contributed by atoms with van der Waals surface area (Å²) in [5.74, 6) is 0.901. The number of imidazole rings is 1. The van der Waals surface area contributed by atoms with Crippen molar-refractivity contribution < 1.29 is 47.7 Å². The molecule has 0 radical (unpaired) electrons. The molecule has 5 heteroatoms. The number of rotatable bonds is 11. The van der Waals surface area contributed by atoms with Crippen LogP contribution in [0.4, 0.5) is 0 Å². The lowest BCUT2D eigenvalue weighted by atomic mass is 9.88. The first kappa shape index (κ1) is 26.8. The number of hydrogen-bond acceptors (Lipinski definition) is 2. The van der Waals surface area contributed by atoms with E-state index in [1.54, 1.807) is 72.2 Å². The Morgan fingerprint density at radius 1 is 0.463 bits per heavy atom. The number of para-hydroxylation sites is 4. The molecule has 0 fully saturated rings. The van der Waals surface area contributed by atoms with Crippen molar-refractivity contribution in [2.24, 2.45) is 0 Å². The molecular formula is C75H54N4O. The van der Waals surface area contributed by atoms with E-state index in [0.717, 1.165) is 16.3 Å². The van der Waals surface area contributed by atoms with Crippen molar-refractivity contribution >= 4 is 32.8 Å². The molecule has 5 nitrogen and oxygen atoms in total. The molecule has 14 aromatic rings. The van der Waals surface area contributed by atoms with Crippen LogP contribution in [-0.2, 0) is 0 Å². The Labute approximate surface area is 505 Å². The zero-order chi connectivity index (χ0) is 77.9. The second kappa shape index (κ2) is 20.2. The molecule has 0 unspecified atom stereocenters.